The Morgan fingerprint density at radius 1 is 1.16 bits per heavy atom. The Hall–Kier alpha value is -1.75. The zero-order chi connectivity index (χ0) is 13.8. The topological polar surface area (TPSA) is 29.1 Å². The van der Waals surface area contributed by atoms with Gasteiger partial charge in [-0.3, -0.25) is 4.79 Å². The van der Waals surface area contributed by atoms with Crippen LogP contribution in [0.1, 0.15) is 15.9 Å². The molecule has 0 saturated heterocycles. The zero-order valence-corrected chi connectivity index (χ0v) is 11.4. The third-order valence-electron chi connectivity index (χ3n) is 2.52. The van der Waals surface area contributed by atoms with Gasteiger partial charge in [0, 0.05) is 17.1 Å². The molecule has 0 heterocycles. The number of nitrogens with one attached hydrogen (secondary N) is 1. The second-order valence-corrected chi connectivity index (χ2v) is 4.85. The van der Waals surface area contributed by atoms with Gasteiger partial charge in [-0.05, 0) is 29.8 Å². The van der Waals surface area contributed by atoms with Crippen molar-refractivity contribution in [2.45, 2.75) is 6.54 Å². The van der Waals surface area contributed by atoms with Crippen LogP contribution >= 0.6 is 15.9 Å². The number of carbonyl (C=O) groups excluding carboxylic acids is 1. The average Bonchev–Trinajstić information content (AvgIpc) is 2.36. The minimum absolute atomic E-state index is 0.170. The molecular weight excluding hydrogens is 316 g/mol. The largest absolute Gasteiger partial charge is 0.348 e. The van der Waals surface area contributed by atoms with Crippen molar-refractivity contribution < 1.29 is 13.6 Å². The normalized spacial score (nSPS) is 10.3. The lowest BCUT2D eigenvalue weighted by Gasteiger charge is -2.06. The van der Waals surface area contributed by atoms with E-state index in [0.29, 0.717) is 6.07 Å². The van der Waals surface area contributed by atoms with E-state index in [1.54, 1.807) is 0 Å². The predicted molar refractivity (Wildman–Crippen MR) is 71.7 cm³/mol. The van der Waals surface area contributed by atoms with Crippen LogP contribution in [0, 0.1) is 11.6 Å². The van der Waals surface area contributed by atoms with Gasteiger partial charge in [0.25, 0.3) is 5.91 Å². The Kier molecular flexibility index (Phi) is 4.27. The highest BCUT2D eigenvalue weighted by Crippen LogP contribution is 2.12. The molecule has 2 nitrogen and oxygen atoms in total. The van der Waals surface area contributed by atoms with Crippen molar-refractivity contribution in [3.8, 4) is 0 Å². The van der Waals surface area contributed by atoms with E-state index in [4.69, 9.17) is 0 Å². The van der Waals surface area contributed by atoms with Crippen molar-refractivity contribution >= 4 is 21.8 Å². The zero-order valence-electron chi connectivity index (χ0n) is 9.79. The lowest BCUT2D eigenvalue weighted by molar-refractivity contribution is 0.0947. The minimum Gasteiger partial charge on any atom is -0.348 e. The van der Waals surface area contributed by atoms with Crippen LogP contribution in [0.5, 0.6) is 0 Å². The van der Waals surface area contributed by atoms with E-state index in [1.165, 1.54) is 0 Å². The van der Waals surface area contributed by atoms with Gasteiger partial charge in [-0.1, -0.05) is 28.1 Å². The molecule has 2 rings (SSSR count). The average molecular weight is 326 g/mol. The maximum atomic E-state index is 13.4. The quantitative estimate of drug-likeness (QED) is 0.916. The smallest absolute Gasteiger partial charge is 0.254 e. The van der Waals surface area contributed by atoms with Crippen LogP contribution in [0.2, 0.25) is 0 Å². The van der Waals surface area contributed by atoms with Gasteiger partial charge >= 0.3 is 0 Å². The van der Waals surface area contributed by atoms with Crippen LogP contribution in [0.15, 0.2) is 46.9 Å². The fourth-order valence-corrected chi connectivity index (χ4v) is 2.04. The summed E-state index contributed by atoms with van der Waals surface area (Å²) in [6.45, 7) is 0.273. The maximum Gasteiger partial charge on any atom is 0.254 e. The Bertz CT molecular complexity index is 616. The summed E-state index contributed by atoms with van der Waals surface area (Å²) in [4.78, 5) is 11.7. The van der Waals surface area contributed by atoms with Gasteiger partial charge in [-0.15, -0.1) is 0 Å². The summed E-state index contributed by atoms with van der Waals surface area (Å²) in [5.41, 5.74) is 0.710. The van der Waals surface area contributed by atoms with Crippen LogP contribution in [0.25, 0.3) is 0 Å². The van der Waals surface area contributed by atoms with E-state index in [2.05, 4.69) is 21.2 Å². The Balaban J connectivity index is 2.05. The second-order valence-electron chi connectivity index (χ2n) is 3.94. The number of halogens is 3. The number of amides is 1. The summed E-state index contributed by atoms with van der Waals surface area (Å²) in [5.74, 6) is -2.15. The molecule has 2 aromatic rings. The van der Waals surface area contributed by atoms with Gasteiger partial charge < -0.3 is 5.32 Å². The van der Waals surface area contributed by atoms with Crippen LogP contribution in [0.3, 0.4) is 0 Å². The van der Waals surface area contributed by atoms with E-state index in [-0.39, 0.29) is 12.1 Å². The summed E-state index contributed by atoms with van der Waals surface area (Å²) in [6.07, 6.45) is 0. The second kappa shape index (κ2) is 5.93. The molecule has 0 atom stereocenters. The molecular formula is C14H10BrF2NO. The first kappa shape index (κ1) is 13.7. The van der Waals surface area contributed by atoms with Gasteiger partial charge in [-0.2, -0.15) is 0 Å². The molecule has 1 N–H and O–H groups in total. The van der Waals surface area contributed by atoms with Crippen molar-refractivity contribution in [2.75, 3.05) is 0 Å². The van der Waals surface area contributed by atoms with Gasteiger partial charge in [0.1, 0.15) is 11.6 Å². The van der Waals surface area contributed by atoms with Crippen LogP contribution in [-0.2, 0) is 6.54 Å². The molecule has 0 aromatic heterocycles. The summed E-state index contributed by atoms with van der Waals surface area (Å²) in [6, 6.07) is 10.3. The predicted octanol–water partition coefficient (Wildman–Crippen LogP) is 3.66. The highest BCUT2D eigenvalue weighted by Gasteiger charge is 2.11. The number of hydrogen-bond donors (Lipinski definition) is 1. The van der Waals surface area contributed by atoms with E-state index in [1.807, 2.05) is 24.3 Å². The highest BCUT2D eigenvalue weighted by molar-refractivity contribution is 9.10. The molecule has 0 fully saturated rings. The van der Waals surface area contributed by atoms with Gasteiger partial charge in [0.2, 0.25) is 0 Å². The van der Waals surface area contributed by atoms with Gasteiger partial charge in [-0.25, -0.2) is 8.78 Å². The number of hydrogen-bond acceptors (Lipinski definition) is 1. The molecule has 2 aromatic carbocycles. The first-order valence-electron chi connectivity index (χ1n) is 5.54. The fraction of sp³-hybridized carbons (Fsp3) is 0.0714. The third kappa shape index (κ3) is 3.61. The monoisotopic (exact) mass is 325 g/mol. The van der Waals surface area contributed by atoms with Crippen molar-refractivity contribution in [3.05, 3.63) is 69.7 Å². The molecule has 0 aliphatic heterocycles. The Labute approximate surface area is 117 Å². The molecule has 0 bridgehead atoms. The summed E-state index contributed by atoms with van der Waals surface area (Å²) >= 11 is 3.32. The number of benzene rings is 2. The van der Waals surface area contributed by atoms with Gasteiger partial charge in [0.15, 0.2) is 0 Å². The fourth-order valence-electron chi connectivity index (χ4n) is 1.60. The lowest BCUT2D eigenvalue weighted by atomic mass is 10.2. The van der Waals surface area contributed by atoms with E-state index in [9.17, 15) is 13.6 Å². The van der Waals surface area contributed by atoms with Crippen molar-refractivity contribution in [1.29, 1.82) is 0 Å². The number of carbonyl (C=O) groups is 1. The maximum absolute atomic E-state index is 13.4. The molecule has 5 heteroatoms. The minimum atomic E-state index is -0.869. The lowest BCUT2D eigenvalue weighted by Crippen LogP contribution is -2.23. The van der Waals surface area contributed by atoms with Crippen LogP contribution in [-0.4, -0.2) is 5.91 Å². The molecule has 1 amide bonds. The van der Waals surface area contributed by atoms with Crippen molar-refractivity contribution in [1.82, 2.24) is 5.32 Å². The van der Waals surface area contributed by atoms with E-state index >= 15 is 0 Å². The Morgan fingerprint density at radius 3 is 2.63 bits per heavy atom. The van der Waals surface area contributed by atoms with E-state index in [0.717, 1.165) is 22.2 Å². The summed E-state index contributed by atoms with van der Waals surface area (Å²) < 4.78 is 27.0. The summed E-state index contributed by atoms with van der Waals surface area (Å²) in [5, 5.41) is 2.58. The van der Waals surface area contributed by atoms with Crippen molar-refractivity contribution in [3.63, 3.8) is 0 Å². The highest BCUT2D eigenvalue weighted by atomic mass is 79.9. The Morgan fingerprint density at radius 2 is 1.95 bits per heavy atom. The van der Waals surface area contributed by atoms with E-state index < -0.39 is 17.5 Å². The first-order chi connectivity index (χ1) is 9.06. The van der Waals surface area contributed by atoms with Gasteiger partial charge in [0.05, 0.1) is 5.56 Å². The number of rotatable bonds is 3. The molecule has 19 heavy (non-hydrogen) atoms. The third-order valence-corrected chi connectivity index (χ3v) is 3.01. The molecule has 0 radical (unpaired) electrons. The molecule has 0 spiro atoms. The molecule has 98 valence electrons. The van der Waals surface area contributed by atoms with Crippen LogP contribution in [0.4, 0.5) is 8.78 Å². The molecule has 0 aliphatic rings. The molecule has 0 aliphatic carbocycles. The molecule has 0 saturated carbocycles. The SMILES string of the molecule is O=C(NCc1cccc(Br)c1)c1ccc(F)cc1F. The van der Waals surface area contributed by atoms with Crippen molar-refractivity contribution in [2.24, 2.45) is 0 Å². The first-order valence-corrected chi connectivity index (χ1v) is 6.33. The molecule has 0 unspecified atom stereocenters. The van der Waals surface area contributed by atoms with Crippen LogP contribution < -0.4 is 5.32 Å². The summed E-state index contributed by atoms with van der Waals surface area (Å²) in [7, 11) is 0. The standard InChI is InChI=1S/C14H10BrF2NO/c15-10-3-1-2-9(6-10)8-18-14(19)12-5-4-11(16)7-13(12)17/h1-7H,8H2,(H,18,19).